The van der Waals surface area contributed by atoms with Gasteiger partial charge in [-0.2, -0.15) is 0 Å². The van der Waals surface area contributed by atoms with E-state index >= 15 is 0 Å². The number of ether oxygens (including phenoxy) is 2. The summed E-state index contributed by atoms with van der Waals surface area (Å²) in [5, 5.41) is 13.4. The maximum Gasteiger partial charge on any atom is 0.316 e. The van der Waals surface area contributed by atoms with Crippen molar-refractivity contribution in [3.63, 3.8) is 0 Å². The molecule has 174 valence electrons. The molecule has 33 heavy (non-hydrogen) atoms. The third-order valence-electron chi connectivity index (χ3n) is 5.41. The SMILES string of the molecule is CCCCOc1ccc(-c2nnc(N[C@@H]3C(=O)NC[C@H]3c3c(F)cc(OC)cc3F)o2)cc1. The first-order valence-electron chi connectivity index (χ1n) is 10.6. The van der Waals surface area contributed by atoms with E-state index < -0.39 is 29.5 Å². The molecule has 1 aliphatic rings. The van der Waals surface area contributed by atoms with Crippen molar-refractivity contribution in [2.75, 3.05) is 25.6 Å². The standard InChI is InChI=1S/C23H24F2N4O4/c1-3-4-9-32-14-7-5-13(6-8-14)22-28-29-23(33-22)27-20-16(12-26-21(20)30)19-17(24)10-15(31-2)11-18(19)25/h5-8,10-11,16,20H,3-4,9,12H2,1-2H3,(H,26,30)(H,27,29)/t16-,20-/m0/s1. The highest BCUT2D eigenvalue weighted by molar-refractivity contribution is 5.88. The number of anilines is 1. The van der Waals surface area contributed by atoms with Gasteiger partial charge in [-0.15, -0.1) is 5.10 Å². The number of hydrogen-bond donors (Lipinski definition) is 2. The monoisotopic (exact) mass is 458 g/mol. The second kappa shape index (κ2) is 9.85. The number of aromatic nitrogens is 2. The van der Waals surface area contributed by atoms with Crippen molar-refractivity contribution in [2.45, 2.75) is 31.7 Å². The molecular weight excluding hydrogens is 434 g/mol. The molecule has 0 saturated carbocycles. The van der Waals surface area contributed by atoms with Crippen molar-refractivity contribution in [3.8, 4) is 23.0 Å². The van der Waals surface area contributed by atoms with Crippen LogP contribution in [0.5, 0.6) is 11.5 Å². The zero-order valence-corrected chi connectivity index (χ0v) is 18.2. The first-order chi connectivity index (χ1) is 16.0. The summed E-state index contributed by atoms with van der Waals surface area (Å²) in [6, 6.07) is 8.31. The second-order valence-electron chi connectivity index (χ2n) is 7.62. The van der Waals surface area contributed by atoms with Gasteiger partial charge in [0.25, 0.3) is 0 Å². The van der Waals surface area contributed by atoms with E-state index in [1.54, 1.807) is 24.3 Å². The van der Waals surface area contributed by atoms with Gasteiger partial charge in [-0.3, -0.25) is 4.79 Å². The number of benzene rings is 2. The summed E-state index contributed by atoms with van der Waals surface area (Å²) in [5.41, 5.74) is 0.447. The van der Waals surface area contributed by atoms with Crippen LogP contribution in [0.2, 0.25) is 0 Å². The van der Waals surface area contributed by atoms with E-state index in [4.69, 9.17) is 13.9 Å². The quantitative estimate of drug-likeness (QED) is 0.469. The summed E-state index contributed by atoms with van der Waals surface area (Å²) in [7, 11) is 1.32. The van der Waals surface area contributed by atoms with Gasteiger partial charge in [0.15, 0.2) is 0 Å². The van der Waals surface area contributed by atoms with Gasteiger partial charge < -0.3 is 24.5 Å². The Bertz CT molecular complexity index is 1100. The predicted molar refractivity (Wildman–Crippen MR) is 116 cm³/mol. The Kier molecular flexibility index (Phi) is 6.71. The third kappa shape index (κ3) is 4.89. The molecule has 10 heteroatoms. The molecule has 2 N–H and O–H groups in total. The zero-order valence-electron chi connectivity index (χ0n) is 18.2. The molecule has 1 saturated heterocycles. The van der Waals surface area contributed by atoms with Crippen LogP contribution in [0.15, 0.2) is 40.8 Å². The lowest BCUT2D eigenvalue weighted by Gasteiger charge is -2.19. The summed E-state index contributed by atoms with van der Waals surface area (Å²) in [5.74, 6) is -1.83. The number of unbranched alkanes of at least 4 members (excludes halogenated alkanes) is 1. The lowest BCUT2D eigenvalue weighted by Crippen LogP contribution is -2.33. The Morgan fingerprint density at radius 2 is 1.88 bits per heavy atom. The van der Waals surface area contributed by atoms with Gasteiger partial charge in [0, 0.05) is 35.7 Å². The van der Waals surface area contributed by atoms with Crippen LogP contribution in [-0.4, -0.2) is 42.4 Å². The van der Waals surface area contributed by atoms with Gasteiger partial charge in [-0.25, -0.2) is 8.78 Å². The first kappa shape index (κ1) is 22.5. The molecule has 2 aromatic carbocycles. The van der Waals surface area contributed by atoms with E-state index in [1.807, 2.05) is 0 Å². The smallest absolute Gasteiger partial charge is 0.316 e. The molecule has 2 atom stereocenters. The largest absolute Gasteiger partial charge is 0.497 e. The molecule has 0 radical (unpaired) electrons. The van der Waals surface area contributed by atoms with Crippen LogP contribution in [0, 0.1) is 11.6 Å². The fourth-order valence-electron chi connectivity index (χ4n) is 3.65. The first-order valence-corrected chi connectivity index (χ1v) is 10.6. The van der Waals surface area contributed by atoms with Crippen LogP contribution in [0.3, 0.4) is 0 Å². The van der Waals surface area contributed by atoms with Gasteiger partial charge >= 0.3 is 6.01 Å². The molecule has 8 nitrogen and oxygen atoms in total. The highest BCUT2D eigenvalue weighted by Gasteiger charge is 2.40. The molecular formula is C23H24F2N4O4. The van der Waals surface area contributed by atoms with Crippen LogP contribution in [-0.2, 0) is 4.79 Å². The van der Waals surface area contributed by atoms with Crippen LogP contribution < -0.4 is 20.1 Å². The maximum atomic E-state index is 14.6. The number of nitrogens with zero attached hydrogens (tertiary/aromatic N) is 2. The van der Waals surface area contributed by atoms with Crippen LogP contribution in [0.1, 0.15) is 31.2 Å². The molecule has 3 aromatic rings. The Labute approximate surface area is 189 Å². The summed E-state index contributed by atoms with van der Waals surface area (Å²) < 4.78 is 45.4. The van der Waals surface area contributed by atoms with E-state index in [1.165, 1.54) is 7.11 Å². The predicted octanol–water partition coefficient (Wildman–Crippen LogP) is 3.90. The summed E-state index contributed by atoms with van der Waals surface area (Å²) >= 11 is 0. The highest BCUT2D eigenvalue weighted by Crippen LogP contribution is 2.33. The molecule has 1 aliphatic heterocycles. The van der Waals surface area contributed by atoms with Gasteiger partial charge in [0.1, 0.15) is 29.2 Å². The number of halogens is 2. The fraction of sp³-hybridized carbons (Fsp3) is 0.348. The number of nitrogens with one attached hydrogen (secondary N) is 2. The maximum absolute atomic E-state index is 14.6. The lowest BCUT2D eigenvalue weighted by atomic mass is 9.93. The molecule has 0 aliphatic carbocycles. The Morgan fingerprint density at radius 1 is 1.15 bits per heavy atom. The summed E-state index contributed by atoms with van der Waals surface area (Å²) in [4.78, 5) is 12.4. The minimum atomic E-state index is -0.995. The fourth-order valence-corrected chi connectivity index (χ4v) is 3.65. The van der Waals surface area contributed by atoms with E-state index in [0.717, 1.165) is 30.7 Å². The van der Waals surface area contributed by atoms with Crippen molar-refractivity contribution >= 4 is 11.9 Å². The van der Waals surface area contributed by atoms with E-state index in [-0.39, 0.29) is 29.8 Å². The average Bonchev–Trinajstić information content (AvgIpc) is 3.42. The van der Waals surface area contributed by atoms with Crippen molar-refractivity contribution in [1.82, 2.24) is 15.5 Å². The van der Waals surface area contributed by atoms with Crippen LogP contribution in [0.4, 0.5) is 14.8 Å². The zero-order chi connectivity index (χ0) is 23.4. The molecule has 0 unspecified atom stereocenters. The lowest BCUT2D eigenvalue weighted by molar-refractivity contribution is -0.119. The van der Waals surface area contributed by atoms with Crippen LogP contribution in [0.25, 0.3) is 11.5 Å². The molecule has 2 heterocycles. The molecule has 1 fully saturated rings. The number of carbonyl (C=O) groups is 1. The minimum Gasteiger partial charge on any atom is -0.497 e. The van der Waals surface area contributed by atoms with Gasteiger partial charge in [0.2, 0.25) is 11.8 Å². The van der Waals surface area contributed by atoms with Gasteiger partial charge in [0.05, 0.1) is 13.7 Å². The average molecular weight is 458 g/mol. The van der Waals surface area contributed by atoms with E-state index in [9.17, 15) is 13.6 Å². The Hall–Kier alpha value is -3.69. The second-order valence-corrected chi connectivity index (χ2v) is 7.62. The van der Waals surface area contributed by atoms with Gasteiger partial charge in [-0.1, -0.05) is 18.4 Å². The topological polar surface area (TPSA) is 98.5 Å². The molecule has 1 amide bonds. The van der Waals surface area contributed by atoms with Crippen molar-refractivity contribution in [2.24, 2.45) is 0 Å². The highest BCUT2D eigenvalue weighted by atomic mass is 19.1. The Morgan fingerprint density at radius 3 is 2.55 bits per heavy atom. The van der Waals surface area contributed by atoms with Crippen molar-refractivity contribution < 1.29 is 27.5 Å². The molecule has 4 rings (SSSR count). The molecule has 1 aromatic heterocycles. The van der Waals surface area contributed by atoms with E-state index in [0.29, 0.717) is 12.2 Å². The van der Waals surface area contributed by atoms with Crippen LogP contribution >= 0.6 is 0 Å². The van der Waals surface area contributed by atoms with Gasteiger partial charge in [-0.05, 0) is 30.7 Å². The minimum absolute atomic E-state index is 0.0327. The molecule has 0 spiro atoms. The van der Waals surface area contributed by atoms with Crippen molar-refractivity contribution in [3.05, 3.63) is 53.6 Å². The summed E-state index contributed by atoms with van der Waals surface area (Å²) in [6.07, 6.45) is 2.02. The Balaban J connectivity index is 1.49. The van der Waals surface area contributed by atoms with Crippen molar-refractivity contribution in [1.29, 1.82) is 0 Å². The number of amides is 1. The normalized spacial score (nSPS) is 17.6. The third-order valence-corrected chi connectivity index (χ3v) is 5.41. The summed E-state index contributed by atoms with van der Waals surface area (Å²) in [6.45, 7) is 2.79. The number of rotatable bonds is 9. The molecule has 0 bridgehead atoms. The number of hydrogen-bond acceptors (Lipinski definition) is 7. The number of carbonyl (C=O) groups excluding carboxylic acids is 1. The number of methoxy groups -OCH3 is 1. The van der Waals surface area contributed by atoms with E-state index in [2.05, 4.69) is 27.8 Å².